The summed E-state index contributed by atoms with van der Waals surface area (Å²) in [7, 11) is 0. The summed E-state index contributed by atoms with van der Waals surface area (Å²) in [5.74, 6) is 0.792. The maximum absolute atomic E-state index is 9.06. The summed E-state index contributed by atoms with van der Waals surface area (Å²) < 4.78 is 0. The molecule has 2 N–H and O–H groups in total. The fraction of sp³-hybridized carbons (Fsp3) is 0.500. The molecule has 16 heavy (non-hydrogen) atoms. The number of hydrogen-bond acceptors (Lipinski definition) is 4. The minimum atomic E-state index is 0.329. The van der Waals surface area contributed by atoms with Gasteiger partial charge >= 0.3 is 0 Å². The predicted octanol–water partition coefficient (Wildman–Crippen LogP) is 1.27. The van der Waals surface area contributed by atoms with Gasteiger partial charge in [-0.3, -0.25) is 0 Å². The summed E-state index contributed by atoms with van der Waals surface area (Å²) in [5, 5.41) is 9.06. The van der Waals surface area contributed by atoms with E-state index in [1.165, 1.54) is 6.42 Å². The Labute approximate surface area is 95.7 Å². The minimum absolute atomic E-state index is 0.329. The van der Waals surface area contributed by atoms with Gasteiger partial charge in [0.25, 0.3) is 0 Å². The topological polar surface area (TPSA) is 65.9 Å². The molecule has 2 heterocycles. The van der Waals surface area contributed by atoms with Crippen molar-refractivity contribution in [3.8, 4) is 6.07 Å². The fourth-order valence-electron chi connectivity index (χ4n) is 2.24. The number of rotatable bonds is 2. The SMILES string of the molecule is N#Cc1cccnc1N1CCCC[C@H]1CN. The predicted molar refractivity (Wildman–Crippen MR) is 63.0 cm³/mol. The van der Waals surface area contributed by atoms with Crippen LogP contribution in [0.4, 0.5) is 5.82 Å². The summed E-state index contributed by atoms with van der Waals surface area (Å²) in [5.41, 5.74) is 6.41. The number of piperidine rings is 1. The van der Waals surface area contributed by atoms with E-state index < -0.39 is 0 Å². The van der Waals surface area contributed by atoms with Crippen molar-refractivity contribution in [3.05, 3.63) is 23.9 Å². The number of aromatic nitrogens is 1. The fourth-order valence-corrected chi connectivity index (χ4v) is 2.24. The van der Waals surface area contributed by atoms with E-state index in [2.05, 4.69) is 16.0 Å². The molecular formula is C12H16N4. The third-order valence-corrected chi connectivity index (χ3v) is 3.08. The van der Waals surface area contributed by atoms with Gasteiger partial charge in [-0.25, -0.2) is 4.98 Å². The lowest BCUT2D eigenvalue weighted by Crippen LogP contribution is -2.44. The van der Waals surface area contributed by atoms with E-state index in [0.29, 0.717) is 18.2 Å². The number of nitrogens with two attached hydrogens (primary N) is 1. The van der Waals surface area contributed by atoms with Crippen molar-refractivity contribution in [1.82, 2.24) is 4.98 Å². The molecule has 1 aliphatic heterocycles. The molecule has 4 nitrogen and oxygen atoms in total. The molecule has 1 aliphatic rings. The number of nitrogens with zero attached hydrogens (tertiary/aromatic N) is 3. The molecule has 1 aromatic heterocycles. The van der Waals surface area contributed by atoms with Gasteiger partial charge in [-0.05, 0) is 31.4 Å². The van der Waals surface area contributed by atoms with Crippen LogP contribution in [-0.4, -0.2) is 24.1 Å². The summed E-state index contributed by atoms with van der Waals surface area (Å²) in [6.07, 6.45) is 5.20. The zero-order chi connectivity index (χ0) is 11.4. The summed E-state index contributed by atoms with van der Waals surface area (Å²) in [4.78, 5) is 6.50. The second-order valence-corrected chi connectivity index (χ2v) is 4.07. The lowest BCUT2D eigenvalue weighted by Gasteiger charge is -2.36. The first-order valence-electron chi connectivity index (χ1n) is 5.68. The Balaban J connectivity index is 2.31. The monoisotopic (exact) mass is 216 g/mol. The van der Waals surface area contributed by atoms with Gasteiger partial charge in [-0.2, -0.15) is 5.26 Å². The highest BCUT2D eigenvalue weighted by Gasteiger charge is 2.23. The van der Waals surface area contributed by atoms with E-state index in [-0.39, 0.29) is 0 Å². The smallest absolute Gasteiger partial charge is 0.146 e. The third kappa shape index (κ3) is 2.00. The molecule has 2 rings (SSSR count). The molecular weight excluding hydrogens is 200 g/mol. The van der Waals surface area contributed by atoms with Crippen LogP contribution in [0.2, 0.25) is 0 Å². The summed E-state index contributed by atoms with van der Waals surface area (Å²) >= 11 is 0. The molecule has 1 saturated heterocycles. The molecule has 0 bridgehead atoms. The highest BCUT2D eigenvalue weighted by atomic mass is 15.2. The molecule has 0 unspecified atom stereocenters. The molecule has 4 heteroatoms. The van der Waals surface area contributed by atoms with Crippen molar-refractivity contribution in [3.63, 3.8) is 0 Å². The molecule has 1 fully saturated rings. The molecule has 0 spiro atoms. The quantitative estimate of drug-likeness (QED) is 0.808. The van der Waals surface area contributed by atoms with Gasteiger partial charge in [0.05, 0.1) is 5.56 Å². The minimum Gasteiger partial charge on any atom is -0.351 e. The van der Waals surface area contributed by atoms with Crippen LogP contribution < -0.4 is 10.6 Å². The second-order valence-electron chi connectivity index (χ2n) is 4.07. The Morgan fingerprint density at radius 3 is 3.19 bits per heavy atom. The Hall–Kier alpha value is -1.60. The molecule has 0 aliphatic carbocycles. The average molecular weight is 216 g/mol. The third-order valence-electron chi connectivity index (χ3n) is 3.08. The molecule has 84 valence electrons. The van der Waals surface area contributed by atoms with Gasteiger partial charge in [-0.15, -0.1) is 0 Å². The van der Waals surface area contributed by atoms with Gasteiger partial charge < -0.3 is 10.6 Å². The molecule has 0 amide bonds. The van der Waals surface area contributed by atoms with Crippen molar-refractivity contribution >= 4 is 5.82 Å². The van der Waals surface area contributed by atoms with E-state index in [4.69, 9.17) is 11.0 Å². The van der Waals surface area contributed by atoms with E-state index in [0.717, 1.165) is 25.2 Å². The first kappa shape index (κ1) is 10.9. The Kier molecular flexibility index (Phi) is 3.37. The zero-order valence-electron chi connectivity index (χ0n) is 9.26. The van der Waals surface area contributed by atoms with Crippen LogP contribution >= 0.6 is 0 Å². The van der Waals surface area contributed by atoms with Gasteiger partial charge in [0.15, 0.2) is 0 Å². The van der Waals surface area contributed by atoms with Gasteiger partial charge in [-0.1, -0.05) is 0 Å². The Morgan fingerprint density at radius 1 is 1.56 bits per heavy atom. The molecule has 1 aromatic rings. The van der Waals surface area contributed by atoms with Crippen LogP contribution in [0.5, 0.6) is 0 Å². The Bertz CT molecular complexity index is 396. The first-order chi connectivity index (χ1) is 7.86. The number of hydrogen-bond donors (Lipinski definition) is 1. The van der Waals surface area contributed by atoms with Crippen LogP contribution in [0.3, 0.4) is 0 Å². The highest BCUT2D eigenvalue weighted by molar-refractivity contribution is 5.54. The standard InChI is InChI=1S/C12H16N4/c13-8-10-4-3-6-15-12(10)16-7-2-1-5-11(16)9-14/h3-4,6,11H,1-2,5,7,9,14H2/t11-/m0/s1. The summed E-state index contributed by atoms with van der Waals surface area (Å²) in [6.45, 7) is 1.58. The molecule has 0 radical (unpaired) electrons. The maximum Gasteiger partial charge on any atom is 0.146 e. The first-order valence-corrected chi connectivity index (χ1v) is 5.68. The van der Waals surface area contributed by atoms with Crippen molar-refractivity contribution in [1.29, 1.82) is 5.26 Å². The van der Waals surface area contributed by atoms with E-state index in [9.17, 15) is 0 Å². The average Bonchev–Trinajstić information content (AvgIpc) is 2.38. The van der Waals surface area contributed by atoms with Gasteiger partial charge in [0.1, 0.15) is 11.9 Å². The normalized spacial score (nSPS) is 20.5. The number of nitriles is 1. The Morgan fingerprint density at radius 2 is 2.44 bits per heavy atom. The van der Waals surface area contributed by atoms with Crippen LogP contribution in [-0.2, 0) is 0 Å². The maximum atomic E-state index is 9.06. The van der Waals surface area contributed by atoms with Crippen molar-refractivity contribution in [2.75, 3.05) is 18.0 Å². The molecule has 0 aromatic carbocycles. The van der Waals surface area contributed by atoms with Gasteiger partial charge in [0.2, 0.25) is 0 Å². The van der Waals surface area contributed by atoms with Crippen LogP contribution in [0.15, 0.2) is 18.3 Å². The van der Waals surface area contributed by atoms with E-state index >= 15 is 0 Å². The van der Waals surface area contributed by atoms with Crippen molar-refractivity contribution < 1.29 is 0 Å². The van der Waals surface area contributed by atoms with Crippen LogP contribution in [0.1, 0.15) is 24.8 Å². The highest BCUT2D eigenvalue weighted by Crippen LogP contribution is 2.24. The van der Waals surface area contributed by atoms with Crippen molar-refractivity contribution in [2.24, 2.45) is 5.73 Å². The lowest BCUT2D eigenvalue weighted by atomic mass is 10.0. The molecule has 0 saturated carbocycles. The van der Waals surface area contributed by atoms with E-state index in [1.807, 2.05) is 6.07 Å². The van der Waals surface area contributed by atoms with Crippen LogP contribution in [0.25, 0.3) is 0 Å². The molecule has 1 atom stereocenters. The lowest BCUT2D eigenvalue weighted by molar-refractivity contribution is 0.462. The van der Waals surface area contributed by atoms with E-state index in [1.54, 1.807) is 12.3 Å². The summed E-state index contributed by atoms with van der Waals surface area (Å²) in [6, 6.07) is 6.13. The van der Waals surface area contributed by atoms with Crippen molar-refractivity contribution in [2.45, 2.75) is 25.3 Å². The largest absolute Gasteiger partial charge is 0.351 e. The van der Waals surface area contributed by atoms with Crippen LogP contribution in [0, 0.1) is 11.3 Å². The zero-order valence-corrected chi connectivity index (χ0v) is 9.26. The number of pyridine rings is 1. The second kappa shape index (κ2) is 4.95. The number of anilines is 1. The van der Waals surface area contributed by atoms with Gasteiger partial charge in [0, 0.05) is 25.3 Å².